The number of halogens is 3. The fraction of sp³-hybridized carbons (Fsp3) is 0.600. The molecule has 0 bridgehead atoms. The maximum absolute atomic E-state index is 12.8. The molecule has 1 saturated heterocycles. The van der Waals surface area contributed by atoms with E-state index in [9.17, 15) is 18.3 Å². The number of alkyl halides is 3. The molecule has 0 spiro atoms. The Kier molecular flexibility index (Phi) is 9.00. The minimum absolute atomic E-state index is 0.212. The molecule has 198 valence electrons. The first kappa shape index (κ1) is 27.0. The Bertz CT molecular complexity index is 935. The first-order valence-electron chi connectivity index (χ1n) is 13.6. The molecule has 2 atom stereocenters. The topological polar surface area (TPSA) is 32.7 Å². The number of rotatable bonds is 9. The fourth-order valence-corrected chi connectivity index (χ4v) is 6.18. The number of ether oxygens (including phenoxy) is 1. The van der Waals surface area contributed by atoms with Crippen molar-refractivity contribution in [3.63, 3.8) is 0 Å². The van der Waals surface area contributed by atoms with Gasteiger partial charge in [-0.15, -0.1) is 13.2 Å². The second-order valence-corrected chi connectivity index (χ2v) is 11.0. The van der Waals surface area contributed by atoms with Gasteiger partial charge in [0.25, 0.3) is 0 Å². The summed E-state index contributed by atoms with van der Waals surface area (Å²) in [5.74, 6) is 0.812. The van der Waals surface area contributed by atoms with Gasteiger partial charge in [-0.2, -0.15) is 0 Å². The highest BCUT2D eigenvalue weighted by Crippen LogP contribution is 2.42. The molecule has 3 nitrogen and oxygen atoms in total. The first-order valence-corrected chi connectivity index (χ1v) is 13.6. The van der Waals surface area contributed by atoms with Gasteiger partial charge < -0.3 is 14.7 Å². The smallest absolute Gasteiger partial charge is 0.406 e. The average molecular weight is 504 g/mol. The molecule has 0 aromatic heterocycles. The molecule has 1 N–H and O–H groups in total. The number of piperidine rings is 1. The number of hydrogen-bond donors (Lipinski definition) is 1. The highest BCUT2D eigenvalue weighted by molar-refractivity contribution is 5.33. The van der Waals surface area contributed by atoms with E-state index in [1.807, 2.05) is 6.07 Å². The van der Waals surface area contributed by atoms with Crippen LogP contribution in [0.15, 0.2) is 54.6 Å². The van der Waals surface area contributed by atoms with E-state index in [1.54, 1.807) is 6.07 Å². The molecule has 4 rings (SSSR count). The van der Waals surface area contributed by atoms with E-state index in [1.165, 1.54) is 30.5 Å². The second kappa shape index (κ2) is 12.0. The lowest BCUT2D eigenvalue weighted by Gasteiger charge is -2.43. The van der Waals surface area contributed by atoms with Crippen molar-refractivity contribution in [1.29, 1.82) is 0 Å². The summed E-state index contributed by atoms with van der Waals surface area (Å²) in [5, 5.41) is 11.7. The van der Waals surface area contributed by atoms with Gasteiger partial charge in [0.1, 0.15) is 5.75 Å². The Balaban J connectivity index is 1.38. The lowest BCUT2D eigenvalue weighted by molar-refractivity contribution is -0.274. The van der Waals surface area contributed by atoms with Gasteiger partial charge >= 0.3 is 6.36 Å². The van der Waals surface area contributed by atoms with Gasteiger partial charge in [0.2, 0.25) is 0 Å². The normalized spacial score (nSPS) is 21.1. The van der Waals surface area contributed by atoms with Crippen LogP contribution in [0.25, 0.3) is 0 Å². The standard InChI is InChI=1S/C30H40F3NO2/c1-23(25-9-4-2-5-10-25)13-14-24-15-19-34(20-16-24)22-28(29(35)17-6-3-7-18-29)26-11-8-12-27(21-26)36-30(31,32)33/h2,4-5,8-12,21,23-24,28,35H,3,6-7,13-20,22H2,1H3/t23?,28-/m1/s1. The van der Waals surface area contributed by atoms with Gasteiger partial charge in [-0.25, -0.2) is 0 Å². The summed E-state index contributed by atoms with van der Waals surface area (Å²) in [6, 6.07) is 16.9. The molecule has 2 fully saturated rings. The largest absolute Gasteiger partial charge is 0.573 e. The molecule has 36 heavy (non-hydrogen) atoms. The molecule has 0 radical (unpaired) electrons. The summed E-state index contributed by atoms with van der Waals surface area (Å²) in [5.41, 5.74) is 1.24. The Hall–Kier alpha value is -2.05. The van der Waals surface area contributed by atoms with Crippen LogP contribution in [0.5, 0.6) is 5.75 Å². The Morgan fingerprint density at radius 3 is 2.31 bits per heavy atom. The number of aliphatic hydroxyl groups is 1. The van der Waals surface area contributed by atoms with Crippen molar-refractivity contribution in [1.82, 2.24) is 4.90 Å². The van der Waals surface area contributed by atoms with E-state index >= 15 is 0 Å². The van der Waals surface area contributed by atoms with Crippen molar-refractivity contribution in [3.05, 3.63) is 65.7 Å². The molecular formula is C30H40F3NO2. The molecule has 6 heteroatoms. The number of likely N-dealkylation sites (tertiary alicyclic amines) is 1. The van der Waals surface area contributed by atoms with Gasteiger partial charge in [-0.1, -0.05) is 68.7 Å². The molecule has 2 aromatic carbocycles. The molecule has 1 unspecified atom stereocenters. The van der Waals surface area contributed by atoms with Crippen LogP contribution in [-0.2, 0) is 0 Å². The SMILES string of the molecule is CC(CCC1CCN(C[C@H](c2cccc(OC(F)(F)F)c2)C2(O)CCCCC2)CC1)c1ccccc1. The highest BCUT2D eigenvalue weighted by atomic mass is 19.4. The Labute approximate surface area is 213 Å². The third kappa shape index (κ3) is 7.48. The third-order valence-corrected chi connectivity index (χ3v) is 8.39. The maximum Gasteiger partial charge on any atom is 0.573 e. The van der Waals surface area contributed by atoms with Gasteiger partial charge in [0, 0.05) is 12.5 Å². The minimum Gasteiger partial charge on any atom is -0.406 e. The lowest BCUT2D eigenvalue weighted by Crippen LogP contribution is -2.46. The van der Waals surface area contributed by atoms with Crippen molar-refractivity contribution in [3.8, 4) is 5.75 Å². The predicted octanol–water partition coefficient (Wildman–Crippen LogP) is 7.66. The van der Waals surface area contributed by atoms with Gasteiger partial charge in [-0.05, 0) is 86.7 Å². The van der Waals surface area contributed by atoms with Gasteiger partial charge in [0.05, 0.1) is 5.60 Å². The number of benzene rings is 2. The molecule has 2 aliphatic rings. The summed E-state index contributed by atoms with van der Waals surface area (Å²) in [7, 11) is 0. The zero-order valence-electron chi connectivity index (χ0n) is 21.4. The lowest BCUT2D eigenvalue weighted by atomic mass is 9.72. The van der Waals surface area contributed by atoms with Gasteiger partial charge in [-0.3, -0.25) is 0 Å². The Morgan fingerprint density at radius 2 is 1.64 bits per heavy atom. The zero-order valence-corrected chi connectivity index (χ0v) is 21.4. The fourth-order valence-electron chi connectivity index (χ4n) is 6.18. The monoisotopic (exact) mass is 503 g/mol. The van der Waals surface area contributed by atoms with E-state index in [0.29, 0.717) is 31.2 Å². The van der Waals surface area contributed by atoms with E-state index in [0.717, 1.165) is 50.8 Å². The average Bonchev–Trinajstić information content (AvgIpc) is 2.86. The summed E-state index contributed by atoms with van der Waals surface area (Å²) in [4.78, 5) is 2.41. The van der Waals surface area contributed by atoms with Crippen LogP contribution in [0, 0.1) is 5.92 Å². The summed E-state index contributed by atoms with van der Waals surface area (Å²) >= 11 is 0. The minimum atomic E-state index is -4.73. The molecular weight excluding hydrogens is 463 g/mol. The molecule has 1 saturated carbocycles. The second-order valence-electron chi connectivity index (χ2n) is 11.0. The predicted molar refractivity (Wildman–Crippen MR) is 137 cm³/mol. The zero-order chi connectivity index (χ0) is 25.6. The van der Waals surface area contributed by atoms with E-state index in [-0.39, 0.29) is 11.7 Å². The van der Waals surface area contributed by atoms with Crippen LogP contribution < -0.4 is 4.74 Å². The van der Waals surface area contributed by atoms with E-state index < -0.39 is 12.0 Å². The van der Waals surface area contributed by atoms with Crippen molar-refractivity contribution in [2.75, 3.05) is 19.6 Å². The summed E-state index contributed by atoms with van der Waals surface area (Å²) in [6.45, 7) is 4.90. The van der Waals surface area contributed by atoms with Crippen LogP contribution >= 0.6 is 0 Å². The van der Waals surface area contributed by atoms with Gasteiger partial charge in [0.15, 0.2) is 0 Å². The molecule has 2 aromatic rings. The van der Waals surface area contributed by atoms with E-state index in [2.05, 4.69) is 46.9 Å². The maximum atomic E-state index is 12.8. The summed E-state index contributed by atoms with van der Waals surface area (Å²) in [6.07, 6.45) is 4.31. The van der Waals surface area contributed by atoms with Crippen LogP contribution in [0.3, 0.4) is 0 Å². The van der Waals surface area contributed by atoms with Crippen molar-refractivity contribution < 1.29 is 23.0 Å². The van der Waals surface area contributed by atoms with Crippen molar-refractivity contribution >= 4 is 0 Å². The summed E-state index contributed by atoms with van der Waals surface area (Å²) < 4.78 is 42.7. The molecule has 1 heterocycles. The van der Waals surface area contributed by atoms with Crippen LogP contribution in [-0.4, -0.2) is 41.6 Å². The number of hydrogen-bond acceptors (Lipinski definition) is 3. The van der Waals surface area contributed by atoms with Crippen molar-refractivity contribution in [2.24, 2.45) is 5.92 Å². The number of nitrogens with zero attached hydrogens (tertiary/aromatic N) is 1. The molecule has 0 amide bonds. The first-order chi connectivity index (χ1) is 17.2. The Morgan fingerprint density at radius 1 is 0.972 bits per heavy atom. The van der Waals surface area contributed by atoms with Crippen molar-refractivity contribution in [2.45, 2.75) is 88.5 Å². The molecule has 1 aliphatic heterocycles. The quantitative estimate of drug-likeness (QED) is 0.381. The third-order valence-electron chi connectivity index (χ3n) is 8.39. The molecule has 1 aliphatic carbocycles. The van der Waals surface area contributed by atoms with Crippen LogP contribution in [0.4, 0.5) is 13.2 Å². The van der Waals surface area contributed by atoms with Crippen LogP contribution in [0.1, 0.15) is 87.7 Å². The van der Waals surface area contributed by atoms with E-state index in [4.69, 9.17) is 0 Å². The highest BCUT2D eigenvalue weighted by Gasteiger charge is 2.40. The van der Waals surface area contributed by atoms with Crippen LogP contribution in [0.2, 0.25) is 0 Å².